The summed E-state index contributed by atoms with van der Waals surface area (Å²) >= 11 is 16.8. The molecule has 2 nitrogen and oxygen atoms in total. The Morgan fingerprint density at radius 2 is 1.95 bits per heavy atom. The van der Waals surface area contributed by atoms with Crippen molar-refractivity contribution >= 4 is 46.9 Å². The summed E-state index contributed by atoms with van der Waals surface area (Å²) in [4.78, 5) is 7.84. The van der Waals surface area contributed by atoms with Gasteiger partial charge in [-0.2, -0.15) is 12.6 Å². The van der Waals surface area contributed by atoms with Gasteiger partial charge >= 0.3 is 0 Å². The fourth-order valence-electron chi connectivity index (χ4n) is 2.14. The molecule has 0 aliphatic rings. The average molecular weight is 323 g/mol. The third kappa shape index (κ3) is 2.80. The highest BCUT2D eigenvalue weighted by atomic mass is 35.5. The summed E-state index contributed by atoms with van der Waals surface area (Å²) in [5, 5.41) is 1.32. The molecule has 2 aromatic carbocycles. The predicted octanol–water partition coefficient (Wildman–Crippen LogP) is 5.08. The Morgan fingerprint density at radius 1 is 1.15 bits per heavy atom. The van der Waals surface area contributed by atoms with E-state index in [1.807, 2.05) is 30.3 Å². The monoisotopic (exact) mass is 322 g/mol. The minimum Gasteiger partial charge on any atom is -0.341 e. The lowest BCUT2D eigenvalue weighted by Gasteiger charge is -2.09. The molecular weight excluding hydrogens is 311 g/mol. The van der Waals surface area contributed by atoms with E-state index in [4.69, 9.17) is 23.2 Å². The molecule has 1 heterocycles. The fraction of sp³-hybridized carbons (Fsp3) is 0.133. The first-order chi connectivity index (χ1) is 9.63. The number of nitrogens with zero attached hydrogens (tertiary/aromatic N) is 1. The number of benzene rings is 2. The molecule has 1 N–H and O–H groups in total. The second-order valence-electron chi connectivity index (χ2n) is 4.59. The molecule has 0 fully saturated rings. The van der Waals surface area contributed by atoms with Crippen LogP contribution in [0.1, 0.15) is 16.6 Å². The van der Waals surface area contributed by atoms with Crippen molar-refractivity contribution in [2.75, 3.05) is 0 Å². The van der Waals surface area contributed by atoms with E-state index in [-0.39, 0.29) is 5.25 Å². The smallest absolute Gasteiger partial charge is 0.120 e. The van der Waals surface area contributed by atoms with Crippen LogP contribution in [0.4, 0.5) is 0 Å². The minimum absolute atomic E-state index is 0.0571. The molecule has 0 aliphatic carbocycles. The van der Waals surface area contributed by atoms with Crippen LogP contribution in [0.25, 0.3) is 11.0 Å². The van der Waals surface area contributed by atoms with E-state index in [2.05, 4.69) is 22.6 Å². The molecule has 102 valence electrons. The maximum absolute atomic E-state index is 6.18. The van der Waals surface area contributed by atoms with Gasteiger partial charge < -0.3 is 4.98 Å². The van der Waals surface area contributed by atoms with Gasteiger partial charge in [-0.25, -0.2) is 4.98 Å². The van der Waals surface area contributed by atoms with E-state index in [9.17, 15) is 0 Å². The summed E-state index contributed by atoms with van der Waals surface area (Å²) in [5.74, 6) is 0.838. The highest BCUT2D eigenvalue weighted by Crippen LogP contribution is 2.29. The first-order valence-corrected chi connectivity index (χ1v) is 7.47. The lowest BCUT2D eigenvalue weighted by Crippen LogP contribution is -1.99. The molecular formula is C15H12Cl2N2S. The zero-order valence-corrected chi connectivity index (χ0v) is 12.9. The molecule has 3 aromatic rings. The van der Waals surface area contributed by atoms with Crippen molar-refractivity contribution in [2.45, 2.75) is 11.7 Å². The number of imidazole rings is 1. The van der Waals surface area contributed by atoms with Gasteiger partial charge in [0.15, 0.2) is 0 Å². The molecule has 0 aliphatic heterocycles. The number of fused-ring (bicyclic) bond motifs is 1. The Labute approximate surface area is 132 Å². The number of hydrogen-bond donors (Lipinski definition) is 2. The van der Waals surface area contributed by atoms with Crippen LogP contribution in [0.3, 0.4) is 0 Å². The maximum Gasteiger partial charge on any atom is 0.120 e. The quantitative estimate of drug-likeness (QED) is 0.646. The molecule has 1 aromatic heterocycles. The number of aromatic amines is 1. The second kappa shape index (κ2) is 5.68. The number of aromatic nitrogens is 2. The standard InChI is InChI=1S/C15H12Cl2N2S/c16-10-5-6-11(17)9(7-10)8-14(20)15-18-12-3-1-2-4-13(12)19-15/h1-7,14,20H,8H2,(H,18,19)/t14-/m1/s1. The molecule has 0 bridgehead atoms. The summed E-state index contributed by atoms with van der Waals surface area (Å²) in [5.41, 5.74) is 2.93. The van der Waals surface area contributed by atoms with Gasteiger partial charge in [-0.15, -0.1) is 0 Å². The van der Waals surface area contributed by atoms with Crippen molar-refractivity contribution < 1.29 is 0 Å². The van der Waals surface area contributed by atoms with Crippen LogP contribution in [-0.2, 0) is 6.42 Å². The highest BCUT2D eigenvalue weighted by Gasteiger charge is 2.14. The van der Waals surface area contributed by atoms with Crippen LogP contribution in [0.15, 0.2) is 42.5 Å². The van der Waals surface area contributed by atoms with Crippen molar-refractivity contribution in [2.24, 2.45) is 0 Å². The Balaban J connectivity index is 1.88. The van der Waals surface area contributed by atoms with E-state index >= 15 is 0 Å². The number of nitrogens with one attached hydrogen (secondary N) is 1. The molecule has 0 radical (unpaired) electrons. The molecule has 1 atom stereocenters. The van der Waals surface area contributed by atoms with E-state index in [0.29, 0.717) is 16.5 Å². The maximum atomic E-state index is 6.18. The lowest BCUT2D eigenvalue weighted by molar-refractivity contribution is 0.872. The first kappa shape index (κ1) is 13.8. The molecule has 0 unspecified atom stereocenters. The summed E-state index contributed by atoms with van der Waals surface area (Å²) in [6.45, 7) is 0. The van der Waals surface area contributed by atoms with Crippen LogP contribution < -0.4 is 0 Å². The van der Waals surface area contributed by atoms with Crippen LogP contribution in [-0.4, -0.2) is 9.97 Å². The van der Waals surface area contributed by atoms with Gasteiger partial charge in [0.05, 0.1) is 16.3 Å². The van der Waals surface area contributed by atoms with Crippen LogP contribution in [0.2, 0.25) is 10.0 Å². The molecule has 0 spiro atoms. The SMILES string of the molecule is S[C@H](Cc1cc(Cl)ccc1Cl)c1nc2ccccc2[nH]1. The van der Waals surface area contributed by atoms with Gasteiger partial charge in [-0.3, -0.25) is 0 Å². The van der Waals surface area contributed by atoms with Gasteiger partial charge in [0, 0.05) is 10.0 Å². The van der Waals surface area contributed by atoms with Gasteiger partial charge in [0.1, 0.15) is 5.82 Å². The zero-order valence-electron chi connectivity index (χ0n) is 10.5. The molecule has 0 saturated heterocycles. The Hall–Kier alpha value is -1.16. The number of H-pyrrole nitrogens is 1. The first-order valence-electron chi connectivity index (χ1n) is 6.20. The summed E-state index contributed by atoms with van der Waals surface area (Å²) in [7, 11) is 0. The summed E-state index contributed by atoms with van der Waals surface area (Å²) in [6, 6.07) is 13.4. The average Bonchev–Trinajstić information content (AvgIpc) is 2.87. The highest BCUT2D eigenvalue weighted by molar-refractivity contribution is 7.80. The van der Waals surface area contributed by atoms with E-state index in [1.54, 1.807) is 12.1 Å². The Morgan fingerprint density at radius 3 is 2.75 bits per heavy atom. The minimum atomic E-state index is -0.0571. The van der Waals surface area contributed by atoms with Crippen molar-refractivity contribution in [3.05, 3.63) is 63.9 Å². The number of hydrogen-bond acceptors (Lipinski definition) is 2. The number of rotatable bonds is 3. The topological polar surface area (TPSA) is 28.7 Å². The summed E-state index contributed by atoms with van der Waals surface area (Å²) < 4.78 is 0. The van der Waals surface area contributed by atoms with E-state index in [1.165, 1.54) is 0 Å². The number of thiol groups is 1. The molecule has 0 saturated carbocycles. The van der Waals surface area contributed by atoms with Crippen molar-refractivity contribution in [1.29, 1.82) is 0 Å². The Kier molecular flexibility index (Phi) is 3.92. The second-order valence-corrected chi connectivity index (χ2v) is 6.06. The van der Waals surface area contributed by atoms with E-state index in [0.717, 1.165) is 22.4 Å². The number of para-hydroxylation sites is 2. The van der Waals surface area contributed by atoms with Gasteiger partial charge in [0.25, 0.3) is 0 Å². The van der Waals surface area contributed by atoms with Crippen LogP contribution in [0, 0.1) is 0 Å². The molecule has 5 heteroatoms. The molecule has 20 heavy (non-hydrogen) atoms. The van der Waals surface area contributed by atoms with Gasteiger partial charge in [0.2, 0.25) is 0 Å². The molecule has 3 rings (SSSR count). The number of halogens is 2. The van der Waals surface area contributed by atoms with Crippen LogP contribution in [0.5, 0.6) is 0 Å². The van der Waals surface area contributed by atoms with E-state index < -0.39 is 0 Å². The fourth-order valence-corrected chi connectivity index (χ4v) is 2.84. The van der Waals surface area contributed by atoms with Gasteiger partial charge in [-0.05, 0) is 42.3 Å². The third-order valence-corrected chi connectivity index (χ3v) is 4.18. The predicted molar refractivity (Wildman–Crippen MR) is 88.0 cm³/mol. The van der Waals surface area contributed by atoms with Gasteiger partial charge in [-0.1, -0.05) is 35.3 Å². The van der Waals surface area contributed by atoms with Crippen molar-refractivity contribution in [3.63, 3.8) is 0 Å². The van der Waals surface area contributed by atoms with Crippen molar-refractivity contribution in [3.8, 4) is 0 Å². The summed E-state index contributed by atoms with van der Waals surface area (Å²) in [6.07, 6.45) is 0.669. The third-order valence-electron chi connectivity index (χ3n) is 3.14. The zero-order chi connectivity index (χ0) is 14.1. The van der Waals surface area contributed by atoms with Crippen LogP contribution >= 0.6 is 35.8 Å². The van der Waals surface area contributed by atoms with Crippen molar-refractivity contribution in [1.82, 2.24) is 9.97 Å². The molecule has 0 amide bonds. The normalized spacial score (nSPS) is 12.8. The largest absolute Gasteiger partial charge is 0.341 e. The Bertz CT molecular complexity index is 721. The lowest BCUT2D eigenvalue weighted by atomic mass is 10.1.